The highest BCUT2D eigenvalue weighted by Crippen LogP contribution is 2.28. The Morgan fingerprint density at radius 1 is 1.18 bits per heavy atom. The topological polar surface area (TPSA) is 83.9 Å². The van der Waals surface area contributed by atoms with Gasteiger partial charge in [-0.3, -0.25) is 9.59 Å². The van der Waals surface area contributed by atoms with Crippen molar-refractivity contribution in [3.8, 4) is 0 Å². The lowest BCUT2D eigenvalue weighted by Crippen LogP contribution is -2.41. The third-order valence-corrected chi connectivity index (χ3v) is 5.69. The summed E-state index contributed by atoms with van der Waals surface area (Å²) >= 11 is 0. The van der Waals surface area contributed by atoms with Crippen molar-refractivity contribution in [3.63, 3.8) is 0 Å². The molecular formula is C21H25N5O2. The molecule has 7 nitrogen and oxygen atoms in total. The second kappa shape index (κ2) is 7.22. The van der Waals surface area contributed by atoms with E-state index in [1.54, 1.807) is 0 Å². The van der Waals surface area contributed by atoms with Crippen molar-refractivity contribution in [1.29, 1.82) is 0 Å². The first kappa shape index (κ1) is 18.4. The Morgan fingerprint density at radius 3 is 2.64 bits per heavy atom. The first-order chi connectivity index (χ1) is 13.4. The van der Waals surface area contributed by atoms with E-state index in [-0.39, 0.29) is 18.0 Å². The molecule has 1 amide bonds. The average Bonchev–Trinajstić information content (AvgIpc) is 3.12. The molecule has 3 aromatic rings. The van der Waals surface area contributed by atoms with Gasteiger partial charge in [0.2, 0.25) is 5.91 Å². The smallest absolute Gasteiger partial charge is 0.267 e. The number of fused-ring (bicyclic) bond motifs is 1. The molecule has 0 bridgehead atoms. The van der Waals surface area contributed by atoms with E-state index in [0.29, 0.717) is 19.0 Å². The standard InChI is InChI=1S/C21H25N5O2/c1-13-5-4-6-17-20(13)23-21(22-17)16-7-9-25(10-8-16)19(28)12-26-18(27)11-14(2)15(3)24-26/h4-6,11,16H,7-10,12H2,1-3H3,(H,22,23). The lowest BCUT2D eigenvalue weighted by molar-refractivity contribution is -0.133. The molecule has 3 heterocycles. The van der Waals surface area contributed by atoms with Crippen molar-refractivity contribution in [2.24, 2.45) is 0 Å². The fraction of sp³-hybridized carbons (Fsp3) is 0.429. The maximum atomic E-state index is 12.6. The number of benzene rings is 1. The second-order valence-corrected chi connectivity index (χ2v) is 7.66. The SMILES string of the molecule is Cc1cc(=O)n(CC(=O)N2CCC(c3nc4c(C)cccc4[nH]3)CC2)nc1C. The summed E-state index contributed by atoms with van der Waals surface area (Å²) in [6, 6.07) is 7.68. The fourth-order valence-electron chi connectivity index (χ4n) is 3.81. The summed E-state index contributed by atoms with van der Waals surface area (Å²) in [6.07, 6.45) is 1.72. The molecule has 1 N–H and O–H groups in total. The van der Waals surface area contributed by atoms with Gasteiger partial charge in [0, 0.05) is 25.1 Å². The van der Waals surface area contributed by atoms with Crippen molar-refractivity contribution in [3.05, 3.63) is 57.3 Å². The van der Waals surface area contributed by atoms with Crippen molar-refractivity contribution < 1.29 is 4.79 Å². The third kappa shape index (κ3) is 3.44. The van der Waals surface area contributed by atoms with E-state index in [1.165, 1.54) is 16.3 Å². The van der Waals surface area contributed by atoms with Crippen LogP contribution in [-0.4, -0.2) is 43.6 Å². The van der Waals surface area contributed by atoms with E-state index in [4.69, 9.17) is 4.98 Å². The number of H-pyrrole nitrogens is 1. The third-order valence-electron chi connectivity index (χ3n) is 5.69. The number of nitrogens with zero attached hydrogens (tertiary/aromatic N) is 4. The molecule has 1 saturated heterocycles. The second-order valence-electron chi connectivity index (χ2n) is 7.66. The molecule has 0 aliphatic carbocycles. The first-order valence-electron chi connectivity index (χ1n) is 9.71. The number of carbonyl (C=O) groups is 1. The minimum absolute atomic E-state index is 0.00550. The number of hydrogen-bond acceptors (Lipinski definition) is 4. The Morgan fingerprint density at radius 2 is 1.93 bits per heavy atom. The normalized spacial score (nSPS) is 15.3. The Labute approximate surface area is 163 Å². The number of hydrogen-bond donors (Lipinski definition) is 1. The maximum Gasteiger partial charge on any atom is 0.267 e. The van der Waals surface area contributed by atoms with E-state index in [0.717, 1.165) is 41.0 Å². The summed E-state index contributed by atoms with van der Waals surface area (Å²) in [5.74, 6) is 1.26. The van der Waals surface area contributed by atoms with Gasteiger partial charge in [0.25, 0.3) is 5.56 Å². The number of aromatic amines is 1. The Balaban J connectivity index is 1.42. The first-order valence-corrected chi connectivity index (χ1v) is 9.71. The number of imidazole rings is 1. The lowest BCUT2D eigenvalue weighted by atomic mass is 9.96. The predicted octanol–water partition coefficient (Wildman–Crippen LogP) is 2.45. The summed E-state index contributed by atoms with van der Waals surface area (Å²) in [5, 5.41) is 4.24. The van der Waals surface area contributed by atoms with Gasteiger partial charge in [0.1, 0.15) is 12.4 Å². The highest BCUT2D eigenvalue weighted by molar-refractivity contribution is 5.78. The van der Waals surface area contributed by atoms with Gasteiger partial charge in [-0.1, -0.05) is 12.1 Å². The number of para-hydroxylation sites is 1. The number of piperidine rings is 1. The van der Waals surface area contributed by atoms with Crippen LogP contribution in [0.4, 0.5) is 0 Å². The minimum atomic E-state index is -0.232. The summed E-state index contributed by atoms with van der Waals surface area (Å²) < 4.78 is 1.26. The Kier molecular flexibility index (Phi) is 4.75. The molecule has 4 rings (SSSR count). The highest BCUT2D eigenvalue weighted by atomic mass is 16.2. The van der Waals surface area contributed by atoms with Gasteiger partial charge in [0.05, 0.1) is 16.7 Å². The molecule has 28 heavy (non-hydrogen) atoms. The van der Waals surface area contributed by atoms with E-state index in [2.05, 4.69) is 23.1 Å². The zero-order chi connectivity index (χ0) is 19.8. The summed E-state index contributed by atoms with van der Waals surface area (Å²) in [4.78, 5) is 34.8. The van der Waals surface area contributed by atoms with Gasteiger partial charge in [-0.25, -0.2) is 9.67 Å². The van der Waals surface area contributed by atoms with Gasteiger partial charge in [-0.15, -0.1) is 0 Å². The number of aromatic nitrogens is 4. The average molecular weight is 379 g/mol. The van der Waals surface area contributed by atoms with Crippen LogP contribution in [0.3, 0.4) is 0 Å². The molecule has 1 aliphatic heterocycles. The monoisotopic (exact) mass is 379 g/mol. The minimum Gasteiger partial charge on any atom is -0.342 e. The number of likely N-dealkylation sites (tertiary alicyclic amines) is 1. The number of rotatable bonds is 3. The van der Waals surface area contributed by atoms with E-state index >= 15 is 0 Å². The van der Waals surface area contributed by atoms with Crippen molar-refractivity contribution in [2.45, 2.75) is 46.1 Å². The van der Waals surface area contributed by atoms with E-state index in [1.807, 2.05) is 30.9 Å². The van der Waals surface area contributed by atoms with Crippen LogP contribution in [0.1, 0.15) is 41.4 Å². The number of nitrogens with one attached hydrogen (secondary N) is 1. The van der Waals surface area contributed by atoms with E-state index < -0.39 is 0 Å². The van der Waals surface area contributed by atoms with Crippen molar-refractivity contribution in [1.82, 2.24) is 24.6 Å². The molecule has 0 radical (unpaired) electrons. The number of carbonyl (C=O) groups excluding carboxylic acids is 1. The van der Waals surface area contributed by atoms with Gasteiger partial charge >= 0.3 is 0 Å². The van der Waals surface area contributed by atoms with Gasteiger partial charge < -0.3 is 9.88 Å². The van der Waals surface area contributed by atoms with Gasteiger partial charge in [-0.05, 0) is 50.8 Å². The van der Waals surface area contributed by atoms with E-state index in [9.17, 15) is 9.59 Å². The van der Waals surface area contributed by atoms with Crippen molar-refractivity contribution in [2.75, 3.05) is 13.1 Å². The van der Waals surface area contributed by atoms with Crippen LogP contribution in [0.25, 0.3) is 11.0 Å². The molecule has 1 fully saturated rings. The van der Waals surface area contributed by atoms with Crippen LogP contribution in [0.2, 0.25) is 0 Å². The predicted molar refractivity (Wildman–Crippen MR) is 107 cm³/mol. The quantitative estimate of drug-likeness (QED) is 0.758. The van der Waals surface area contributed by atoms with Crippen molar-refractivity contribution >= 4 is 16.9 Å². The van der Waals surface area contributed by atoms with Crippen LogP contribution in [0.15, 0.2) is 29.1 Å². The molecule has 0 saturated carbocycles. The summed E-state index contributed by atoms with van der Waals surface area (Å²) in [5.41, 5.74) is 4.63. The molecule has 2 aromatic heterocycles. The zero-order valence-electron chi connectivity index (χ0n) is 16.5. The highest BCUT2D eigenvalue weighted by Gasteiger charge is 2.26. The van der Waals surface area contributed by atoms with Gasteiger partial charge in [0.15, 0.2) is 0 Å². The maximum absolute atomic E-state index is 12.6. The molecule has 0 atom stereocenters. The van der Waals surface area contributed by atoms with Crippen LogP contribution >= 0.6 is 0 Å². The van der Waals surface area contributed by atoms with Crippen LogP contribution in [0, 0.1) is 20.8 Å². The zero-order valence-corrected chi connectivity index (χ0v) is 16.5. The Hall–Kier alpha value is -2.96. The van der Waals surface area contributed by atoms with Crippen LogP contribution in [0.5, 0.6) is 0 Å². The summed E-state index contributed by atoms with van der Waals surface area (Å²) in [7, 11) is 0. The molecule has 0 spiro atoms. The number of aryl methyl sites for hydroxylation is 3. The molecular weight excluding hydrogens is 354 g/mol. The lowest BCUT2D eigenvalue weighted by Gasteiger charge is -2.31. The van der Waals surface area contributed by atoms with Crippen LogP contribution in [-0.2, 0) is 11.3 Å². The van der Waals surface area contributed by atoms with Gasteiger partial charge in [-0.2, -0.15) is 5.10 Å². The van der Waals surface area contributed by atoms with Crippen LogP contribution < -0.4 is 5.56 Å². The summed E-state index contributed by atoms with van der Waals surface area (Å²) in [6.45, 7) is 7.08. The molecule has 1 aromatic carbocycles. The molecule has 7 heteroatoms. The molecule has 146 valence electrons. The fourth-order valence-corrected chi connectivity index (χ4v) is 3.81. The number of amides is 1. The largest absolute Gasteiger partial charge is 0.342 e. The molecule has 0 unspecified atom stereocenters. The Bertz CT molecular complexity index is 1090. The molecule has 1 aliphatic rings.